The Balaban J connectivity index is 4.32. The number of hydrogen-bond acceptors (Lipinski definition) is 6. The quantitative estimate of drug-likeness (QED) is 0.0262. The van der Waals surface area contributed by atoms with Crippen molar-refractivity contribution in [2.75, 3.05) is 13.2 Å². The molecule has 0 rings (SSSR count). The molecule has 6 heteroatoms. The van der Waals surface area contributed by atoms with Crippen LogP contribution >= 0.6 is 0 Å². The molecule has 0 aromatic rings. The van der Waals surface area contributed by atoms with Crippen LogP contribution in [0, 0.1) is 0 Å². The zero-order chi connectivity index (χ0) is 46.5. The van der Waals surface area contributed by atoms with E-state index in [-0.39, 0.29) is 31.1 Å². The van der Waals surface area contributed by atoms with E-state index in [2.05, 4.69) is 45.1 Å². The number of ether oxygens (including phenoxy) is 3. The topological polar surface area (TPSA) is 78.9 Å². The van der Waals surface area contributed by atoms with Crippen molar-refractivity contribution in [2.45, 2.75) is 316 Å². The summed E-state index contributed by atoms with van der Waals surface area (Å²) >= 11 is 0. The number of rotatable bonds is 52. The highest BCUT2D eigenvalue weighted by Crippen LogP contribution is 2.17. The van der Waals surface area contributed by atoms with Gasteiger partial charge in [0.15, 0.2) is 6.10 Å². The van der Waals surface area contributed by atoms with Crippen molar-refractivity contribution in [3.8, 4) is 0 Å². The lowest BCUT2D eigenvalue weighted by molar-refractivity contribution is -0.167. The van der Waals surface area contributed by atoms with Crippen LogP contribution in [0.1, 0.15) is 310 Å². The van der Waals surface area contributed by atoms with E-state index in [1.54, 1.807) is 0 Å². The SMILES string of the molecule is CC/C=C\C/C=C\CCCCCCCCCC(=O)OCC(COC(=O)CCCCCCCCCCCCCCCCCCC)OC(=O)CCCCCCCCCCCCCCCCC. The maximum atomic E-state index is 12.8. The minimum absolute atomic E-state index is 0.0681. The van der Waals surface area contributed by atoms with Gasteiger partial charge in [0, 0.05) is 19.3 Å². The molecule has 0 N–H and O–H groups in total. The monoisotopic (exact) mass is 901 g/mol. The number of carbonyl (C=O) groups is 3. The van der Waals surface area contributed by atoms with Gasteiger partial charge in [-0.15, -0.1) is 0 Å². The lowest BCUT2D eigenvalue weighted by Crippen LogP contribution is -2.30. The first-order valence-electron chi connectivity index (χ1n) is 28.3. The highest BCUT2D eigenvalue weighted by atomic mass is 16.6. The van der Waals surface area contributed by atoms with Gasteiger partial charge in [0.05, 0.1) is 0 Å². The van der Waals surface area contributed by atoms with Crippen LogP contribution in [0.3, 0.4) is 0 Å². The van der Waals surface area contributed by atoms with Crippen molar-refractivity contribution >= 4 is 17.9 Å². The molecule has 0 heterocycles. The van der Waals surface area contributed by atoms with Crippen LogP contribution in [0.25, 0.3) is 0 Å². The Bertz CT molecular complexity index is 1040. The van der Waals surface area contributed by atoms with Crippen LogP contribution in [0.4, 0.5) is 0 Å². The molecule has 0 aliphatic heterocycles. The van der Waals surface area contributed by atoms with E-state index in [1.807, 2.05) is 0 Å². The summed E-state index contributed by atoms with van der Waals surface area (Å²) in [5.41, 5.74) is 0. The molecule has 0 aliphatic carbocycles. The maximum absolute atomic E-state index is 12.8. The van der Waals surface area contributed by atoms with Gasteiger partial charge < -0.3 is 14.2 Å². The van der Waals surface area contributed by atoms with Gasteiger partial charge in [-0.1, -0.05) is 270 Å². The normalized spacial score (nSPS) is 12.1. The summed E-state index contributed by atoms with van der Waals surface area (Å²) < 4.78 is 16.9. The molecule has 1 unspecified atom stereocenters. The summed E-state index contributed by atoms with van der Waals surface area (Å²) in [6.45, 7) is 6.58. The van der Waals surface area contributed by atoms with Crippen molar-refractivity contribution in [3.05, 3.63) is 24.3 Å². The molecule has 0 fully saturated rings. The summed E-state index contributed by atoms with van der Waals surface area (Å²) in [5, 5.41) is 0. The molecular formula is C58H108O6. The van der Waals surface area contributed by atoms with Gasteiger partial charge in [0.2, 0.25) is 0 Å². The molecule has 6 nitrogen and oxygen atoms in total. The van der Waals surface area contributed by atoms with Gasteiger partial charge in [0.1, 0.15) is 13.2 Å². The van der Waals surface area contributed by atoms with Gasteiger partial charge in [-0.2, -0.15) is 0 Å². The predicted octanol–water partition coefficient (Wildman–Crippen LogP) is 18.7. The fourth-order valence-electron chi connectivity index (χ4n) is 8.48. The van der Waals surface area contributed by atoms with Gasteiger partial charge >= 0.3 is 17.9 Å². The lowest BCUT2D eigenvalue weighted by atomic mass is 10.0. The molecule has 0 saturated heterocycles. The van der Waals surface area contributed by atoms with Crippen molar-refractivity contribution in [3.63, 3.8) is 0 Å². The Morgan fingerprint density at radius 2 is 0.609 bits per heavy atom. The number of carbonyl (C=O) groups excluding carboxylic acids is 3. The smallest absolute Gasteiger partial charge is 0.306 e. The molecule has 0 bridgehead atoms. The number of esters is 3. The first kappa shape index (κ1) is 61.9. The van der Waals surface area contributed by atoms with Crippen LogP contribution < -0.4 is 0 Å². The van der Waals surface area contributed by atoms with Crippen molar-refractivity contribution in [1.29, 1.82) is 0 Å². The van der Waals surface area contributed by atoms with E-state index >= 15 is 0 Å². The molecular weight excluding hydrogens is 793 g/mol. The fourth-order valence-corrected chi connectivity index (χ4v) is 8.48. The van der Waals surface area contributed by atoms with E-state index in [1.165, 1.54) is 193 Å². The van der Waals surface area contributed by atoms with Crippen LogP contribution in [0.15, 0.2) is 24.3 Å². The van der Waals surface area contributed by atoms with E-state index in [4.69, 9.17) is 14.2 Å². The summed E-state index contributed by atoms with van der Waals surface area (Å²) in [5.74, 6) is -0.856. The molecule has 1 atom stereocenters. The molecule has 0 radical (unpaired) electrons. The molecule has 0 amide bonds. The third-order valence-electron chi connectivity index (χ3n) is 12.7. The highest BCUT2D eigenvalue weighted by Gasteiger charge is 2.19. The molecule has 0 spiro atoms. The first-order chi connectivity index (χ1) is 31.5. The Morgan fingerprint density at radius 3 is 0.938 bits per heavy atom. The second-order valence-electron chi connectivity index (χ2n) is 19.2. The van der Waals surface area contributed by atoms with Gasteiger partial charge in [-0.05, 0) is 44.9 Å². The minimum Gasteiger partial charge on any atom is -0.462 e. The summed E-state index contributed by atoms with van der Waals surface area (Å²) in [6.07, 6.45) is 61.6. The van der Waals surface area contributed by atoms with Gasteiger partial charge in [-0.25, -0.2) is 0 Å². The molecule has 0 aromatic carbocycles. The lowest BCUT2D eigenvalue weighted by Gasteiger charge is -2.18. The van der Waals surface area contributed by atoms with E-state index < -0.39 is 6.10 Å². The largest absolute Gasteiger partial charge is 0.462 e. The molecule has 0 saturated carbocycles. The molecule has 0 aromatic heterocycles. The Labute approximate surface area is 398 Å². The van der Waals surface area contributed by atoms with Gasteiger partial charge in [0.25, 0.3) is 0 Å². The van der Waals surface area contributed by atoms with E-state index in [0.29, 0.717) is 19.3 Å². The second-order valence-corrected chi connectivity index (χ2v) is 19.2. The van der Waals surface area contributed by atoms with Gasteiger partial charge in [-0.3, -0.25) is 14.4 Å². The van der Waals surface area contributed by atoms with Crippen molar-refractivity contribution in [2.24, 2.45) is 0 Å². The highest BCUT2D eigenvalue weighted by molar-refractivity contribution is 5.71. The zero-order valence-corrected chi connectivity index (χ0v) is 43.1. The third kappa shape index (κ3) is 50.9. The Morgan fingerprint density at radius 1 is 0.328 bits per heavy atom. The van der Waals surface area contributed by atoms with E-state index in [9.17, 15) is 14.4 Å². The molecule has 376 valence electrons. The van der Waals surface area contributed by atoms with Crippen LogP contribution in [0.2, 0.25) is 0 Å². The van der Waals surface area contributed by atoms with Crippen LogP contribution in [-0.2, 0) is 28.6 Å². The third-order valence-corrected chi connectivity index (χ3v) is 12.7. The summed E-state index contributed by atoms with van der Waals surface area (Å²) in [4.78, 5) is 38.1. The minimum atomic E-state index is -0.769. The van der Waals surface area contributed by atoms with Crippen LogP contribution in [-0.4, -0.2) is 37.2 Å². The fraction of sp³-hybridized carbons (Fsp3) is 0.879. The zero-order valence-electron chi connectivity index (χ0n) is 43.1. The summed E-state index contributed by atoms with van der Waals surface area (Å²) in [6, 6.07) is 0. The average Bonchev–Trinajstić information content (AvgIpc) is 3.29. The maximum Gasteiger partial charge on any atom is 0.306 e. The standard InChI is InChI=1S/C58H108O6/c1-4-7-10-13-16-19-22-25-28-29-31-33-36-39-42-45-48-51-57(60)63-54-55(53-62-56(59)50-47-44-41-38-35-32-27-24-21-18-15-12-9-6-3)64-58(61)52-49-46-43-40-37-34-30-26-23-20-17-14-11-8-5-2/h9,12,18,21,55H,4-8,10-11,13-17,19-20,22-54H2,1-3H3/b12-9-,21-18-. The van der Waals surface area contributed by atoms with Crippen molar-refractivity contribution in [1.82, 2.24) is 0 Å². The Kier molecular flexibility index (Phi) is 51.7. The summed E-state index contributed by atoms with van der Waals surface area (Å²) in [7, 11) is 0. The van der Waals surface area contributed by atoms with E-state index in [0.717, 1.165) is 77.0 Å². The predicted molar refractivity (Wildman–Crippen MR) is 275 cm³/mol. The second kappa shape index (κ2) is 53.5. The number of allylic oxidation sites excluding steroid dienone is 4. The number of hydrogen-bond donors (Lipinski definition) is 0. The van der Waals surface area contributed by atoms with Crippen LogP contribution in [0.5, 0.6) is 0 Å². The Hall–Kier alpha value is -2.11. The van der Waals surface area contributed by atoms with Crippen molar-refractivity contribution < 1.29 is 28.6 Å². The number of unbranched alkanes of at least 4 members (excludes halogenated alkanes) is 37. The average molecular weight is 901 g/mol. The molecule has 0 aliphatic rings. The first-order valence-corrected chi connectivity index (χ1v) is 28.3. The molecule has 64 heavy (non-hydrogen) atoms.